The summed E-state index contributed by atoms with van der Waals surface area (Å²) in [7, 11) is 0. The van der Waals surface area contributed by atoms with Crippen molar-refractivity contribution >= 4 is 5.97 Å². The van der Waals surface area contributed by atoms with Gasteiger partial charge in [-0.15, -0.1) is 4.91 Å². The van der Waals surface area contributed by atoms with Crippen molar-refractivity contribution in [3.63, 3.8) is 0 Å². The van der Waals surface area contributed by atoms with Crippen molar-refractivity contribution in [2.24, 2.45) is 5.18 Å². The third-order valence-electron chi connectivity index (χ3n) is 0.321. The molecule has 0 aromatic carbocycles. The average molecular weight is 104 g/mol. The summed E-state index contributed by atoms with van der Waals surface area (Å²) in [5.41, 5.74) is 0. The maximum absolute atomic E-state index is 9.78. The van der Waals surface area contributed by atoms with E-state index >= 15 is 0 Å². The van der Waals surface area contributed by atoms with Crippen LogP contribution in [0.1, 0.15) is 8.35 Å². The first kappa shape index (κ1) is 6.07. The molecule has 0 N–H and O–H groups in total. The lowest BCUT2D eigenvalue weighted by molar-refractivity contribution is -0.140. The first-order valence-corrected chi connectivity index (χ1v) is 1.70. The molecule has 0 unspecified atom stereocenters. The maximum atomic E-state index is 9.78. The number of carbonyl (C=O) groups is 1. The van der Waals surface area contributed by atoms with E-state index in [9.17, 15) is 9.70 Å². The van der Waals surface area contributed by atoms with E-state index in [4.69, 9.17) is 0 Å². The number of carbonyl (C=O) groups excluding carboxylic acids is 1. The number of hydrogen-bond donors (Lipinski definition) is 0. The van der Waals surface area contributed by atoms with Gasteiger partial charge in [0.1, 0.15) is 0 Å². The van der Waals surface area contributed by atoms with Crippen molar-refractivity contribution in [2.75, 3.05) is 6.73 Å². The summed E-state index contributed by atoms with van der Waals surface area (Å²) in [6.45, 7) is 0.834. The van der Waals surface area contributed by atoms with Gasteiger partial charge in [0.05, 0.1) is 0 Å². The Labute approximate surface area is 41.9 Å². The molecule has 0 bridgehead atoms. The summed E-state index contributed by atoms with van der Waals surface area (Å²) in [6, 6.07) is 0. The monoisotopic (exact) mass is 104 g/mol. The van der Waals surface area contributed by atoms with E-state index in [1.54, 1.807) is 0 Å². The molecule has 4 nitrogen and oxygen atoms in total. The van der Waals surface area contributed by atoms with Gasteiger partial charge in [0.25, 0.3) is 0 Å². The highest BCUT2D eigenvalue weighted by Crippen LogP contribution is 1.73. The molecule has 4 heteroatoms. The molecule has 0 aliphatic rings. The summed E-state index contributed by atoms with van der Waals surface area (Å²) in [6.07, 6.45) is 0. The van der Waals surface area contributed by atoms with Crippen LogP contribution in [0.25, 0.3) is 0 Å². The molecule has 0 fully saturated rings. The number of esters is 1. The molecule has 0 heterocycles. The van der Waals surface area contributed by atoms with Gasteiger partial charge in [-0.05, 0) is 5.18 Å². The second kappa shape index (κ2) is 3.27. The van der Waals surface area contributed by atoms with Crippen LogP contribution in [0.4, 0.5) is 0 Å². The van der Waals surface area contributed by atoms with Gasteiger partial charge in [-0.1, -0.05) is 0 Å². The molecule has 0 radical (unpaired) electrons. The molecule has 7 heavy (non-hydrogen) atoms. The second-order valence-corrected chi connectivity index (χ2v) is 0.894. The molecule has 0 aromatic rings. The van der Waals surface area contributed by atoms with Gasteiger partial charge >= 0.3 is 7.40 Å². The number of ether oxygens (including phenoxy) is 1. The van der Waals surface area contributed by atoms with Crippen molar-refractivity contribution in [3.05, 3.63) is 4.91 Å². The highest BCUT2D eigenvalue weighted by Gasteiger charge is 1.86. The van der Waals surface area contributed by atoms with E-state index < -0.39 is 5.97 Å². The molecule has 40 valence electrons. The van der Waals surface area contributed by atoms with Crippen molar-refractivity contribution in [1.82, 2.24) is 0 Å². The van der Waals surface area contributed by atoms with Crippen LogP contribution in [0.2, 0.25) is 0 Å². The SMILES string of the molecule is CC(=O)OCN=O.[H+]. The van der Waals surface area contributed by atoms with E-state index in [1.807, 2.05) is 0 Å². The zero-order valence-corrected chi connectivity index (χ0v) is 3.88. The number of hydrogen-bond acceptors (Lipinski definition) is 4. The van der Waals surface area contributed by atoms with Gasteiger partial charge in [0, 0.05) is 6.92 Å². The first-order chi connectivity index (χ1) is 3.27. The average Bonchev–Trinajstić information content (AvgIpc) is 1.61. The predicted octanol–water partition coefficient (Wildman–Crippen LogP) is 0.386. The van der Waals surface area contributed by atoms with Gasteiger partial charge in [-0.3, -0.25) is 4.79 Å². The minimum Gasteiger partial charge on any atom is -0.439 e. The zero-order chi connectivity index (χ0) is 5.70. The molecule has 0 atom stereocenters. The molecule has 0 aliphatic carbocycles. The van der Waals surface area contributed by atoms with Gasteiger partial charge in [-0.25, -0.2) is 0 Å². The molecule has 0 amide bonds. The Morgan fingerprint density at radius 2 is 2.57 bits per heavy atom. The molecule has 0 rings (SSSR count). The fourth-order valence-corrected chi connectivity index (χ4v) is 0.117. The third-order valence-corrected chi connectivity index (χ3v) is 0.321. The topological polar surface area (TPSA) is 55.7 Å². The Morgan fingerprint density at radius 1 is 2.00 bits per heavy atom. The summed E-state index contributed by atoms with van der Waals surface area (Å²) >= 11 is 0. The van der Waals surface area contributed by atoms with Gasteiger partial charge < -0.3 is 4.74 Å². The Morgan fingerprint density at radius 3 is 2.71 bits per heavy atom. The van der Waals surface area contributed by atoms with Crippen LogP contribution in [-0.2, 0) is 9.53 Å². The van der Waals surface area contributed by atoms with Crippen molar-refractivity contribution in [1.29, 1.82) is 0 Å². The van der Waals surface area contributed by atoms with Crippen LogP contribution in [0, 0.1) is 4.91 Å². The highest BCUT2D eigenvalue weighted by atomic mass is 16.5. The number of nitroso groups, excluding NO2 is 1. The Bertz CT molecular complexity index is 84.6. The summed E-state index contributed by atoms with van der Waals surface area (Å²) in [4.78, 5) is 19.0. The van der Waals surface area contributed by atoms with Crippen molar-refractivity contribution in [2.45, 2.75) is 6.92 Å². The largest absolute Gasteiger partial charge is 1.00 e. The molecular weight excluding hydrogens is 98.0 g/mol. The lowest BCUT2D eigenvalue weighted by atomic mass is 10.8. The quantitative estimate of drug-likeness (QED) is 0.376. The van der Waals surface area contributed by atoms with Crippen molar-refractivity contribution < 1.29 is 11.0 Å². The van der Waals surface area contributed by atoms with Crippen LogP contribution < -0.4 is 0 Å². The highest BCUT2D eigenvalue weighted by molar-refractivity contribution is 5.65. The fourth-order valence-electron chi connectivity index (χ4n) is 0.117. The lowest BCUT2D eigenvalue weighted by Crippen LogP contribution is -1.96. The van der Waals surface area contributed by atoms with Crippen LogP contribution in [0.15, 0.2) is 5.18 Å². The fraction of sp³-hybridized carbons (Fsp3) is 0.667. The van der Waals surface area contributed by atoms with Crippen LogP contribution in [0.5, 0.6) is 0 Å². The van der Waals surface area contributed by atoms with Gasteiger partial charge in [0.15, 0.2) is 0 Å². The maximum Gasteiger partial charge on any atom is 1.00 e. The molecule has 0 saturated heterocycles. The van der Waals surface area contributed by atoms with E-state index in [2.05, 4.69) is 9.91 Å². The lowest BCUT2D eigenvalue weighted by Gasteiger charge is -1.87. The van der Waals surface area contributed by atoms with Crippen LogP contribution >= 0.6 is 0 Å². The molecule has 0 spiro atoms. The number of nitrogens with zero attached hydrogens (tertiary/aromatic N) is 1. The summed E-state index contributed by atoms with van der Waals surface area (Å²) in [5, 5.41) is 2.28. The predicted molar refractivity (Wildman–Crippen MR) is 23.5 cm³/mol. The smallest absolute Gasteiger partial charge is 0.439 e. The third kappa shape index (κ3) is 5.07. The first-order valence-electron chi connectivity index (χ1n) is 1.70. The van der Waals surface area contributed by atoms with Gasteiger partial charge in [-0.2, -0.15) is 0 Å². The molecule has 0 aliphatic heterocycles. The molecule has 0 saturated carbocycles. The summed E-state index contributed by atoms with van der Waals surface area (Å²) in [5.74, 6) is -0.486. The Kier molecular flexibility index (Phi) is 2.83. The summed E-state index contributed by atoms with van der Waals surface area (Å²) < 4.78 is 4.07. The minimum absolute atomic E-state index is 0. The minimum atomic E-state index is -0.486. The van der Waals surface area contributed by atoms with E-state index in [0.717, 1.165) is 0 Å². The Balaban J connectivity index is 0. The molecule has 0 aromatic heterocycles. The van der Waals surface area contributed by atoms with E-state index in [0.29, 0.717) is 0 Å². The standard InChI is InChI=1S/C3H5NO3/c1-3(5)7-2-4-6/h2H2,1H3/p+1. The van der Waals surface area contributed by atoms with E-state index in [1.165, 1.54) is 6.92 Å². The van der Waals surface area contributed by atoms with E-state index in [-0.39, 0.29) is 8.16 Å². The van der Waals surface area contributed by atoms with Crippen LogP contribution in [0.3, 0.4) is 0 Å². The second-order valence-electron chi connectivity index (χ2n) is 0.894. The molecular formula is C3H6NO3+. The zero-order valence-electron chi connectivity index (χ0n) is 4.88. The van der Waals surface area contributed by atoms with Crippen LogP contribution in [-0.4, -0.2) is 12.7 Å². The normalized spacial score (nSPS) is 7.57. The van der Waals surface area contributed by atoms with Crippen molar-refractivity contribution in [3.8, 4) is 0 Å². The Hall–Kier alpha value is -0.930. The number of rotatable bonds is 2. The van der Waals surface area contributed by atoms with Gasteiger partial charge in [0.2, 0.25) is 6.73 Å².